The summed E-state index contributed by atoms with van der Waals surface area (Å²) < 4.78 is 10.9. The van der Waals surface area contributed by atoms with Crippen molar-refractivity contribution in [3.05, 3.63) is 101 Å². The van der Waals surface area contributed by atoms with Crippen LogP contribution < -0.4 is 9.47 Å². The summed E-state index contributed by atoms with van der Waals surface area (Å²) >= 11 is 0. The summed E-state index contributed by atoms with van der Waals surface area (Å²) in [5.41, 5.74) is 1.94. The van der Waals surface area contributed by atoms with E-state index in [0.29, 0.717) is 22.6 Å². The number of methoxy groups -OCH3 is 2. The van der Waals surface area contributed by atoms with E-state index in [-0.39, 0.29) is 17.9 Å². The Hall–Kier alpha value is -4.06. The third kappa shape index (κ3) is 3.83. The normalized spacial score (nSPS) is 17.4. The number of hydrogen-bond donors (Lipinski definition) is 1. The summed E-state index contributed by atoms with van der Waals surface area (Å²) in [6.07, 6.45) is 0. The standard InChI is InChI=1S/C26H23NO5/c1-31-19-13-14-20(21(15-19)32-2)23-22(24(28)18-11-7-4-8-12-18)25(29)26(30)27(23)16-17-9-5-3-6-10-17/h3-15,23,28H,16H2,1-2H3. The molecule has 0 spiro atoms. The van der Waals surface area contributed by atoms with Gasteiger partial charge in [-0.3, -0.25) is 9.59 Å². The maximum Gasteiger partial charge on any atom is 0.295 e. The Morgan fingerprint density at radius 3 is 2.19 bits per heavy atom. The minimum atomic E-state index is -0.823. The molecule has 1 fully saturated rings. The zero-order valence-corrected chi connectivity index (χ0v) is 17.8. The zero-order chi connectivity index (χ0) is 22.7. The van der Waals surface area contributed by atoms with Gasteiger partial charge in [-0.25, -0.2) is 0 Å². The highest BCUT2D eigenvalue weighted by Crippen LogP contribution is 2.44. The van der Waals surface area contributed by atoms with Crippen molar-refractivity contribution < 1.29 is 24.2 Å². The van der Waals surface area contributed by atoms with Crippen LogP contribution in [0.5, 0.6) is 11.5 Å². The van der Waals surface area contributed by atoms with Gasteiger partial charge in [-0.2, -0.15) is 0 Å². The Balaban J connectivity index is 1.91. The van der Waals surface area contributed by atoms with Crippen LogP contribution in [0.3, 0.4) is 0 Å². The molecule has 1 aliphatic heterocycles. The lowest BCUT2D eigenvalue weighted by atomic mass is 9.94. The van der Waals surface area contributed by atoms with Crippen molar-refractivity contribution in [1.29, 1.82) is 0 Å². The molecule has 0 aliphatic carbocycles. The third-order valence-corrected chi connectivity index (χ3v) is 5.52. The number of amides is 1. The smallest absolute Gasteiger partial charge is 0.295 e. The number of benzene rings is 3. The zero-order valence-electron chi connectivity index (χ0n) is 17.8. The molecule has 1 heterocycles. The first-order chi connectivity index (χ1) is 15.5. The number of hydrogen-bond acceptors (Lipinski definition) is 5. The molecule has 1 amide bonds. The minimum Gasteiger partial charge on any atom is -0.507 e. The molecule has 1 saturated heterocycles. The van der Waals surface area contributed by atoms with Crippen LogP contribution in [0, 0.1) is 0 Å². The summed E-state index contributed by atoms with van der Waals surface area (Å²) in [6.45, 7) is 0.205. The number of nitrogens with zero attached hydrogens (tertiary/aromatic N) is 1. The van der Waals surface area contributed by atoms with Crippen LogP contribution in [-0.4, -0.2) is 35.9 Å². The number of ketones is 1. The van der Waals surface area contributed by atoms with Gasteiger partial charge in [-0.1, -0.05) is 60.7 Å². The Kier molecular flexibility index (Phi) is 5.94. The van der Waals surface area contributed by atoms with Crippen molar-refractivity contribution in [2.75, 3.05) is 14.2 Å². The quantitative estimate of drug-likeness (QED) is 0.359. The van der Waals surface area contributed by atoms with Gasteiger partial charge in [0.25, 0.3) is 11.7 Å². The van der Waals surface area contributed by atoms with Crippen molar-refractivity contribution in [2.24, 2.45) is 0 Å². The maximum atomic E-state index is 13.2. The molecule has 1 aliphatic rings. The Bertz CT molecular complexity index is 1170. The molecule has 6 heteroatoms. The van der Waals surface area contributed by atoms with E-state index in [1.54, 1.807) is 49.6 Å². The minimum absolute atomic E-state index is 0.0283. The van der Waals surface area contributed by atoms with Crippen molar-refractivity contribution in [3.8, 4) is 11.5 Å². The van der Waals surface area contributed by atoms with Crippen LogP contribution in [-0.2, 0) is 16.1 Å². The predicted octanol–water partition coefficient (Wildman–Crippen LogP) is 4.33. The second kappa shape index (κ2) is 8.98. The molecule has 4 rings (SSSR count). The lowest BCUT2D eigenvalue weighted by Gasteiger charge is -2.27. The van der Waals surface area contributed by atoms with Gasteiger partial charge < -0.3 is 19.5 Å². The maximum absolute atomic E-state index is 13.2. The Morgan fingerprint density at radius 1 is 0.906 bits per heavy atom. The largest absolute Gasteiger partial charge is 0.507 e. The van der Waals surface area contributed by atoms with E-state index in [4.69, 9.17) is 9.47 Å². The highest BCUT2D eigenvalue weighted by molar-refractivity contribution is 6.46. The van der Waals surface area contributed by atoms with Crippen LogP contribution in [0.25, 0.3) is 5.76 Å². The lowest BCUT2D eigenvalue weighted by molar-refractivity contribution is -0.140. The van der Waals surface area contributed by atoms with Crippen LogP contribution in [0.15, 0.2) is 84.4 Å². The summed E-state index contributed by atoms with van der Waals surface area (Å²) in [7, 11) is 3.06. The number of carbonyl (C=O) groups is 2. The highest BCUT2D eigenvalue weighted by atomic mass is 16.5. The number of rotatable bonds is 6. The van der Waals surface area contributed by atoms with Gasteiger partial charge in [0.2, 0.25) is 0 Å². The van der Waals surface area contributed by atoms with E-state index in [1.807, 2.05) is 36.4 Å². The van der Waals surface area contributed by atoms with Gasteiger partial charge in [0, 0.05) is 23.7 Å². The molecule has 1 N–H and O–H groups in total. The summed E-state index contributed by atoms with van der Waals surface area (Å²) in [5, 5.41) is 11.1. The molecule has 3 aromatic rings. The molecule has 0 saturated carbocycles. The molecular formula is C26H23NO5. The van der Waals surface area contributed by atoms with E-state index in [9.17, 15) is 14.7 Å². The lowest BCUT2D eigenvalue weighted by Crippen LogP contribution is -2.29. The van der Waals surface area contributed by atoms with E-state index >= 15 is 0 Å². The van der Waals surface area contributed by atoms with Crippen molar-refractivity contribution in [3.63, 3.8) is 0 Å². The van der Waals surface area contributed by atoms with Crippen LogP contribution in [0.4, 0.5) is 0 Å². The fourth-order valence-corrected chi connectivity index (χ4v) is 3.94. The second-order valence-corrected chi connectivity index (χ2v) is 7.39. The first-order valence-corrected chi connectivity index (χ1v) is 10.1. The molecule has 162 valence electrons. The summed E-state index contributed by atoms with van der Waals surface area (Å²) in [5.74, 6) is -0.594. The molecule has 1 atom stereocenters. The molecule has 0 bridgehead atoms. The number of ether oxygens (including phenoxy) is 2. The van der Waals surface area contributed by atoms with Crippen LogP contribution in [0.1, 0.15) is 22.7 Å². The Morgan fingerprint density at radius 2 is 1.56 bits per heavy atom. The van der Waals surface area contributed by atoms with Gasteiger partial charge in [0.15, 0.2) is 0 Å². The van der Waals surface area contributed by atoms with Crippen molar-refractivity contribution in [2.45, 2.75) is 12.6 Å². The highest BCUT2D eigenvalue weighted by Gasteiger charge is 2.47. The summed E-state index contributed by atoms with van der Waals surface area (Å²) in [6, 6.07) is 22.5. The monoisotopic (exact) mass is 429 g/mol. The molecule has 3 aromatic carbocycles. The third-order valence-electron chi connectivity index (χ3n) is 5.52. The Labute approximate surface area is 186 Å². The molecule has 6 nitrogen and oxygen atoms in total. The molecule has 0 aromatic heterocycles. The molecule has 0 radical (unpaired) electrons. The van der Waals surface area contributed by atoms with Gasteiger partial charge in [-0.15, -0.1) is 0 Å². The van der Waals surface area contributed by atoms with E-state index in [2.05, 4.69) is 0 Å². The van der Waals surface area contributed by atoms with E-state index in [0.717, 1.165) is 5.56 Å². The van der Waals surface area contributed by atoms with Crippen molar-refractivity contribution >= 4 is 17.4 Å². The number of likely N-dealkylation sites (tertiary alicyclic amines) is 1. The van der Waals surface area contributed by atoms with Crippen LogP contribution >= 0.6 is 0 Å². The van der Waals surface area contributed by atoms with Gasteiger partial charge in [-0.05, 0) is 17.7 Å². The SMILES string of the molecule is COc1ccc(C2C(=C(O)c3ccccc3)C(=O)C(=O)N2Cc2ccccc2)c(OC)c1. The average molecular weight is 429 g/mol. The second-order valence-electron chi connectivity index (χ2n) is 7.39. The van der Waals surface area contributed by atoms with Crippen LogP contribution in [0.2, 0.25) is 0 Å². The first kappa shape index (κ1) is 21.2. The number of Topliss-reactive ketones (excluding diaryl/α,β-unsaturated/α-hetero) is 1. The van der Waals surface area contributed by atoms with E-state index in [1.165, 1.54) is 12.0 Å². The van der Waals surface area contributed by atoms with Gasteiger partial charge >= 0.3 is 0 Å². The number of aliphatic hydroxyl groups is 1. The van der Waals surface area contributed by atoms with Crippen molar-refractivity contribution in [1.82, 2.24) is 4.90 Å². The summed E-state index contributed by atoms with van der Waals surface area (Å²) in [4.78, 5) is 27.7. The molecule has 32 heavy (non-hydrogen) atoms. The molecule has 1 unspecified atom stereocenters. The number of aliphatic hydroxyl groups excluding tert-OH is 1. The molecular weight excluding hydrogens is 406 g/mol. The van der Waals surface area contributed by atoms with E-state index < -0.39 is 17.7 Å². The number of carbonyl (C=O) groups excluding carboxylic acids is 2. The fourth-order valence-electron chi connectivity index (χ4n) is 3.94. The fraction of sp³-hybridized carbons (Fsp3) is 0.154. The van der Waals surface area contributed by atoms with Gasteiger partial charge in [0.1, 0.15) is 17.3 Å². The average Bonchev–Trinajstić information content (AvgIpc) is 3.09. The first-order valence-electron chi connectivity index (χ1n) is 10.1. The van der Waals surface area contributed by atoms with Gasteiger partial charge in [0.05, 0.1) is 25.8 Å². The predicted molar refractivity (Wildman–Crippen MR) is 120 cm³/mol. The topological polar surface area (TPSA) is 76.1 Å².